The highest BCUT2D eigenvalue weighted by Crippen LogP contribution is 2.39. The first kappa shape index (κ1) is 17.8. The van der Waals surface area contributed by atoms with Crippen LogP contribution < -0.4 is 0 Å². The van der Waals surface area contributed by atoms with Crippen LogP contribution in [-0.2, 0) is 4.74 Å². The van der Waals surface area contributed by atoms with Crippen molar-refractivity contribution in [2.75, 3.05) is 20.3 Å². The van der Waals surface area contributed by atoms with E-state index in [1.165, 1.54) is 27.5 Å². The fourth-order valence-electron chi connectivity index (χ4n) is 3.87. The van der Waals surface area contributed by atoms with Crippen molar-refractivity contribution < 1.29 is 9.84 Å². The van der Waals surface area contributed by atoms with E-state index in [1.54, 1.807) is 7.11 Å². The van der Waals surface area contributed by atoms with Gasteiger partial charge in [-0.2, -0.15) is 0 Å². The second-order valence-corrected chi connectivity index (χ2v) is 7.07. The fraction of sp³-hybridized carbons (Fsp3) is 0.409. The molecule has 0 spiro atoms. The number of aliphatic hydroxyl groups is 1. The quantitative estimate of drug-likeness (QED) is 0.820. The lowest BCUT2D eigenvalue weighted by molar-refractivity contribution is 0.230. The van der Waals surface area contributed by atoms with Gasteiger partial charge in [0.15, 0.2) is 0 Å². The fourth-order valence-corrected chi connectivity index (χ4v) is 3.87. The van der Waals surface area contributed by atoms with Crippen LogP contribution in [0.5, 0.6) is 0 Å². The van der Waals surface area contributed by atoms with Gasteiger partial charge in [-0.15, -0.1) is 0 Å². The Balaban J connectivity index is 2.16. The van der Waals surface area contributed by atoms with E-state index in [-0.39, 0.29) is 18.6 Å². The van der Waals surface area contributed by atoms with E-state index < -0.39 is 0 Å². The number of methoxy groups -OCH3 is 1. The maximum Gasteiger partial charge on any atom is 0.0798 e. The number of rotatable bonds is 5. The largest absolute Gasteiger partial charge is 0.392 e. The number of aliphatic hydroxyl groups excluding tert-OH is 1. The van der Waals surface area contributed by atoms with E-state index in [0.717, 1.165) is 5.57 Å². The van der Waals surface area contributed by atoms with Gasteiger partial charge in [0.2, 0.25) is 0 Å². The summed E-state index contributed by atoms with van der Waals surface area (Å²) in [5, 5.41) is 12.4. The standard InChI is InChI=1S/C22H27NO2/c1-14(2)20-11-17-12-23-22(16(13-24)9-10-25-4)15(3)21(17)19-8-6-5-7-18(19)20/h5-9,11-12,14-15,22,24H,10,13H2,1-4H3/b16-9+. The molecular formula is C22H27NO2. The summed E-state index contributed by atoms with van der Waals surface area (Å²) in [7, 11) is 1.66. The van der Waals surface area contributed by atoms with Crippen molar-refractivity contribution in [2.24, 2.45) is 4.99 Å². The Morgan fingerprint density at radius 1 is 1.28 bits per heavy atom. The number of benzene rings is 2. The summed E-state index contributed by atoms with van der Waals surface area (Å²) in [6.45, 7) is 7.18. The second kappa shape index (κ2) is 7.51. The molecule has 132 valence electrons. The summed E-state index contributed by atoms with van der Waals surface area (Å²) < 4.78 is 5.14. The summed E-state index contributed by atoms with van der Waals surface area (Å²) in [6, 6.07) is 10.9. The van der Waals surface area contributed by atoms with E-state index in [9.17, 15) is 5.11 Å². The molecule has 0 aromatic heterocycles. The summed E-state index contributed by atoms with van der Waals surface area (Å²) >= 11 is 0. The molecule has 0 fully saturated rings. The molecule has 0 amide bonds. The zero-order valence-electron chi connectivity index (χ0n) is 15.5. The van der Waals surface area contributed by atoms with Crippen LogP contribution in [0.4, 0.5) is 0 Å². The Bertz CT molecular complexity index is 820. The van der Waals surface area contributed by atoms with Crippen LogP contribution in [0.15, 0.2) is 47.0 Å². The van der Waals surface area contributed by atoms with Gasteiger partial charge in [0.25, 0.3) is 0 Å². The smallest absolute Gasteiger partial charge is 0.0798 e. The first-order chi connectivity index (χ1) is 12.1. The van der Waals surface area contributed by atoms with Gasteiger partial charge in [-0.1, -0.05) is 51.1 Å². The van der Waals surface area contributed by atoms with Crippen LogP contribution in [0.3, 0.4) is 0 Å². The number of nitrogens with zero attached hydrogens (tertiary/aromatic N) is 1. The van der Waals surface area contributed by atoms with Crippen molar-refractivity contribution in [2.45, 2.75) is 38.6 Å². The Kier molecular flexibility index (Phi) is 5.36. The number of fused-ring (bicyclic) bond motifs is 3. The van der Waals surface area contributed by atoms with E-state index in [4.69, 9.17) is 9.73 Å². The third-order valence-corrected chi connectivity index (χ3v) is 5.15. The third-order valence-electron chi connectivity index (χ3n) is 5.15. The summed E-state index contributed by atoms with van der Waals surface area (Å²) in [5.74, 6) is 0.674. The molecule has 3 rings (SSSR count). The van der Waals surface area contributed by atoms with Crippen LogP contribution in [0.25, 0.3) is 10.8 Å². The van der Waals surface area contributed by atoms with Gasteiger partial charge in [0, 0.05) is 19.2 Å². The maximum atomic E-state index is 9.80. The summed E-state index contributed by atoms with van der Waals surface area (Å²) in [5.41, 5.74) is 4.82. The van der Waals surface area contributed by atoms with Crippen molar-refractivity contribution >= 4 is 17.0 Å². The van der Waals surface area contributed by atoms with Crippen LogP contribution >= 0.6 is 0 Å². The van der Waals surface area contributed by atoms with Gasteiger partial charge in [-0.3, -0.25) is 4.99 Å². The highest BCUT2D eigenvalue weighted by atomic mass is 16.5. The van der Waals surface area contributed by atoms with Crippen molar-refractivity contribution in [3.05, 3.63) is 58.7 Å². The Hall–Kier alpha value is -1.97. The monoisotopic (exact) mass is 337 g/mol. The minimum Gasteiger partial charge on any atom is -0.392 e. The zero-order valence-corrected chi connectivity index (χ0v) is 15.5. The summed E-state index contributed by atoms with van der Waals surface area (Å²) in [4.78, 5) is 4.77. The van der Waals surface area contributed by atoms with E-state index in [0.29, 0.717) is 12.5 Å². The third kappa shape index (κ3) is 3.26. The topological polar surface area (TPSA) is 41.8 Å². The lowest BCUT2D eigenvalue weighted by atomic mass is 9.79. The minimum absolute atomic E-state index is 0.00699. The molecule has 3 nitrogen and oxygen atoms in total. The van der Waals surface area contributed by atoms with Crippen LogP contribution in [0.1, 0.15) is 49.3 Å². The molecule has 0 bridgehead atoms. The first-order valence-corrected chi connectivity index (χ1v) is 8.95. The molecular weight excluding hydrogens is 310 g/mol. The van der Waals surface area contributed by atoms with E-state index >= 15 is 0 Å². The van der Waals surface area contributed by atoms with Gasteiger partial charge in [-0.05, 0) is 45.0 Å². The molecule has 0 aliphatic carbocycles. The summed E-state index contributed by atoms with van der Waals surface area (Å²) in [6.07, 6.45) is 3.93. The number of hydrogen-bond acceptors (Lipinski definition) is 3. The second-order valence-electron chi connectivity index (χ2n) is 7.07. The number of hydrogen-bond donors (Lipinski definition) is 1. The van der Waals surface area contributed by atoms with Crippen LogP contribution in [-0.4, -0.2) is 37.7 Å². The molecule has 1 heterocycles. The molecule has 3 heteroatoms. The molecule has 0 radical (unpaired) electrons. The molecule has 1 N–H and O–H groups in total. The minimum atomic E-state index is -0.0408. The molecule has 0 saturated heterocycles. The molecule has 1 aliphatic heterocycles. The van der Waals surface area contributed by atoms with Crippen molar-refractivity contribution in [1.29, 1.82) is 0 Å². The Labute approximate surface area is 150 Å². The average molecular weight is 337 g/mol. The van der Waals surface area contributed by atoms with Crippen molar-refractivity contribution in [1.82, 2.24) is 0 Å². The normalized spacial score (nSPS) is 20.3. The van der Waals surface area contributed by atoms with E-state index in [1.807, 2.05) is 12.3 Å². The Morgan fingerprint density at radius 2 is 2.00 bits per heavy atom. The number of aliphatic imine (C=N–C) groups is 1. The van der Waals surface area contributed by atoms with E-state index in [2.05, 4.69) is 51.1 Å². The predicted octanol–water partition coefficient (Wildman–Crippen LogP) is 4.43. The van der Waals surface area contributed by atoms with Gasteiger partial charge in [0.1, 0.15) is 0 Å². The predicted molar refractivity (Wildman–Crippen MR) is 105 cm³/mol. The van der Waals surface area contributed by atoms with Crippen LogP contribution in [0.2, 0.25) is 0 Å². The lowest BCUT2D eigenvalue weighted by Gasteiger charge is -2.30. The van der Waals surface area contributed by atoms with Gasteiger partial charge >= 0.3 is 0 Å². The number of ether oxygens (including phenoxy) is 1. The van der Waals surface area contributed by atoms with Gasteiger partial charge < -0.3 is 9.84 Å². The Morgan fingerprint density at radius 3 is 2.64 bits per heavy atom. The molecule has 2 aromatic rings. The molecule has 25 heavy (non-hydrogen) atoms. The van der Waals surface area contributed by atoms with Gasteiger partial charge in [-0.25, -0.2) is 0 Å². The molecule has 2 unspecified atom stereocenters. The highest BCUT2D eigenvalue weighted by Gasteiger charge is 2.28. The zero-order chi connectivity index (χ0) is 18.0. The SMILES string of the molecule is COC/C=C(\CO)C1N=Cc2cc(C(C)C)c3ccccc3c2C1C. The molecule has 1 aliphatic rings. The van der Waals surface area contributed by atoms with Crippen molar-refractivity contribution in [3.8, 4) is 0 Å². The molecule has 2 aromatic carbocycles. The van der Waals surface area contributed by atoms with Gasteiger partial charge in [0.05, 0.1) is 19.3 Å². The molecule has 0 saturated carbocycles. The average Bonchev–Trinajstić information content (AvgIpc) is 2.62. The highest BCUT2D eigenvalue weighted by molar-refractivity contribution is 5.98. The van der Waals surface area contributed by atoms with Crippen molar-refractivity contribution in [3.63, 3.8) is 0 Å². The first-order valence-electron chi connectivity index (χ1n) is 8.95. The van der Waals surface area contributed by atoms with Crippen LogP contribution in [0, 0.1) is 0 Å². The lowest BCUT2D eigenvalue weighted by Crippen LogP contribution is -2.25. The maximum absolute atomic E-state index is 9.80. The molecule has 2 atom stereocenters.